The second-order valence-electron chi connectivity index (χ2n) is 8.10. The van der Waals surface area contributed by atoms with Crippen molar-refractivity contribution in [2.75, 3.05) is 6.61 Å². The van der Waals surface area contributed by atoms with Crippen LogP contribution in [0.3, 0.4) is 0 Å². The molecule has 31 heavy (non-hydrogen) atoms. The first kappa shape index (κ1) is 23.8. The maximum atomic E-state index is 13.2. The fourth-order valence-corrected chi connectivity index (χ4v) is 4.95. The average Bonchev–Trinajstić information content (AvgIpc) is 2.67. The Morgan fingerprint density at radius 2 is 2.06 bits per heavy atom. The lowest BCUT2D eigenvalue weighted by Crippen LogP contribution is -2.56. The lowest BCUT2D eigenvalue weighted by molar-refractivity contribution is -0.133. The number of carbonyl (C=O) groups excluding carboxylic acids is 1. The number of aromatic nitrogens is 1. The number of ether oxygens (including phenoxy) is 1. The summed E-state index contributed by atoms with van der Waals surface area (Å²) in [6.45, 7) is 4.51. The zero-order chi connectivity index (χ0) is 21.5. The highest BCUT2D eigenvalue weighted by atomic mass is 35.5. The topological polar surface area (TPSA) is 80.8 Å². The number of nitrogens with two attached hydrogens (primary N) is 1. The van der Waals surface area contributed by atoms with Crippen molar-refractivity contribution in [3.05, 3.63) is 52.3 Å². The van der Waals surface area contributed by atoms with Crippen molar-refractivity contribution in [1.82, 2.24) is 9.88 Å². The molecule has 2 N–H and O–H groups in total. The zero-order valence-corrected chi connectivity index (χ0v) is 19.7. The van der Waals surface area contributed by atoms with Gasteiger partial charge in [0.05, 0.1) is 28.1 Å². The average molecular weight is 484 g/mol. The molecule has 4 rings (SSSR count). The summed E-state index contributed by atoms with van der Waals surface area (Å²) in [5.74, 6) is 0.189. The Hall–Kier alpha value is -1.86. The molecule has 1 aromatic heterocycles. The highest BCUT2D eigenvalue weighted by Crippen LogP contribution is 2.42. The lowest BCUT2D eigenvalue weighted by Gasteiger charge is -2.41. The summed E-state index contributed by atoms with van der Waals surface area (Å²) in [6, 6.07) is 7.50. The fraction of sp³-hybridized carbons (Fsp3) is 0.409. The summed E-state index contributed by atoms with van der Waals surface area (Å²) in [5.41, 5.74) is 7.80. The molecule has 3 heterocycles. The van der Waals surface area contributed by atoms with Crippen LogP contribution in [-0.4, -0.2) is 40.5 Å². The van der Waals surface area contributed by atoms with Gasteiger partial charge in [-0.05, 0) is 38.3 Å². The summed E-state index contributed by atoms with van der Waals surface area (Å²) < 4.78 is 5.61. The van der Waals surface area contributed by atoms with Crippen LogP contribution in [0.1, 0.15) is 38.7 Å². The Labute approximate surface area is 198 Å². The van der Waals surface area contributed by atoms with Crippen molar-refractivity contribution >= 4 is 47.5 Å². The van der Waals surface area contributed by atoms with Gasteiger partial charge in [-0.3, -0.25) is 14.7 Å². The third kappa shape index (κ3) is 4.67. The van der Waals surface area contributed by atoms with E-state index in [1.165, 1.54) is 0 Å². The monoisotopic (exact) mass is 482 g/mol. The van der Waals surface area contributed by atoms with Crippen LogP contribution in [-0.2, 0) is 15.1 Å². The van der Waals surface area contributed by atoms with Crippen LogP contribution in [0.2, 0.25) is 10.0 Å². The van der Waals surface area contributed by atoms with E-state index in [9.17, 15) is 4.79 Å². The standard InChI is InChI=1S/C22H24Cl2N4O2.ClH/c1-13-8-16(6-7-30-13)28-19(29)10-22(2,27-21(28)25)18-5-3-4-17(20(18)24)14-9-15(23)12-26-11-14;/h3-5,9,11-13,16H,6-8,10H2,1-2H3,(H2,25,27);1H/t13-,16-,22-;/m0./s1. The van der Waals surface area contributed by atoms with E-state index in [4.69, 9.17) is 38.7 Å². The fourth-order valence-electron chi connectivity index (χ4n) is 4.34. The van der Waals surface area contributed by atoms with Gasteiger partial charge < -0.3 is 10.5 Å². The van der Waals surface area contributed by atoms with Gasteiger partial charge in [0, 0.05) is 36.2 Å². The minimum atomic E-state index is -0.854. The molecule has 0 radical (unpaired) electrons. The number of pyridine rings is 1. The summed E-state index contributed by atoms with van der Waals surface area (Å²) >= 11 is 12.9. The predicted molar refractivity (Wildman–Crippen MR) is 126 cm³/mol. The molecular formula is C22H25Cl3N4O2. The van der Waals surface area contributed by atoms with E-state index in [0.717, 1.165) is 29.5 Å². The smallest absolute Gasteiger partial charge is 0.232 e. The molecule has 166 valence electrons. The highest BCUT2D eigenvalue weighted by molar-refractivity contribution is 6.34. The van der Waals surface area contributed by atoms with Crippen molar-refractivity contribution in [2.24, 2.45) is 10.7 Å². The molecule has 2 aromatic rings. The molecular weight excluding hydrogens is 459 g/mol. The normalized spacial score (nSPS) is 26.3. The van der Waals surface area contributed by atoms with Gasteiger partial charge in [0.2, 0.25) is 5.91 Å². The molecule has 0 aliphatic carbocycles. The van der Waals surface area contributed by atoms with E-state index >= 15 is 0 Å². The second-order valence-corrected chi connectivity index (χ2v) is 8.92. The maximum absolute atomic E-state index is 13.2. The van der Waals surface area contributed by atoms with Crippen LogP contribution in [0, 0.1) is 0 Å². The van der Waals surface area contributed by atoms with Crippen molar-refractivity contribution in [3.8, 4) is 11.1 Å². The number of aliphatic imine (C=N–C) groups is 1. The summed E-state index contributed by atoms with van der Waals surface area (Å²) in [4.78, 5) is 23.7. The first-order chi connectivity index (χ1) is 14.3. The molecule has 3 atom stereocenters. The van der Waals surface area contributed by atoms with Gasteiger partial charge in [0.15, 0.2) is 5.96 Å². The Morgan fingerprint density at radius 1 is 1.29 bits per heavy atom. The molecule has 0 spiro atoms. The number of nitrogens with zero attached hydrogens (tertiary/aromatic N) is 3. The van der Waals surface area contributed by atoms with E-state index in [1.54, 1.807) is 23.4 Å². The molecule has 0 saturated carbocycles. The molecule has 2 aliphatic heterocycles. The highest BCUT2D eigenvalue weighted by Gasteiger charge is 2.42. The number of guanidine groups is 1. The molecule has 6 nitrogen and oxygen atoms in total. The molecule has 2 aliphatic rings. The Morgan fingerprint density at radius 3 is 2.74 bits per heavy atom. The van der Waals surface area contributed by atoms with Gasteiger partial charge in [-0.15, -0.1) is 12.4 Å². The van der Waals surface area contributed by atoms with Gasteiger partial charge in [0.25, 0.3) is 0 Å². The third-order valence-corrected chi connectivity index (χ3v) is 6.40. The first-order valence-electron chi connectivity index (χ1n) is 9.97. The zero-order valence-electron chi connectivity index (χ0n) is 17.3. The number of hydrogen-bond donors (Lipinski definition) is 1. The van der Waals surface area contributed by atoms with Gasteiger partial charge in [-0.1, -0.05) is 41.4 Å². The SMILES string of the molecule is C[C@H]1C[C@@H](N2C(=O)C[C@@](C)(c3cccc(-c4cncc(Cl)c4)c3Cl)N=C2N)CCO1.Cl. The van der Waals surface area contributed by atoms with Crippen LogP contribution in [0.4, 0.5) is 0 Å². The predicted octanol–water partition coefficient (Wildman–Crippen LogP) is 4.81. The van der Waals surface area contributed by atoms with Crippen molar-refractivity contribution in [3.63, 3.8) is 0 Å². The van der Waals surface area contributed by atoms with Crippen LogP contribution in [0.5, 0.6) is 0 Å². The van der Waals surface area contributed by atoms with Crippen molar-refractivity contribution < 1.29 is 9.53 Å². The number of halogens is 3. The third-order valence-electron chi connectivity index (χ3n) is 5.79. The number of rotatable bonds is 3. The van der Waals surface area contributed by atoms with E-state index in [2.05, 4.69) is 4.98 Å². The number of carbonyl (C=O) groups is 1. The van der Waals surface area contributed by atoms with Gasteiger partial charge in [-0.25, -0.2) is 4.99 Å². The maximum Gasteiger partial charge on any atom is 0.232 e. The lowest BCUT2D eigenvalue weighted by atomic mass is 9.85. The number of hydrogen-bond acceptors (Lipinski definition) is 5. The molecule has 1 amide bonds. The van der Waals surface area contributed by atoms with Crippen molar-refractivity contribution in [2.45, 2.75) is 50.8 Å². The summed E-state index contributed by atoms with van der Waals surface area (Å²) in [6.07, 6.45) is 5.06. The minimum Gasteiger partial charge on any atom is -0.378 e. The molecule has 9 heteroatoms. The van der Waals surface area contributed by atoms with Gasteiger partial charge in [0.1, 0.15) is 0 Å². The second kappa shape index (κ2) is 9.33. The Kier molecular flexibility index (Phi) is 7.16. The Bertz CT molecular complexity index is 1020. The van der Waals surface area contributed by atoms with Gasteiger partial charge in [-0.2, -0.15) is 0 Å². The summed E-state index contributed by atoms with van der Waals surface area (Å²) in [7, 11) is 0. The first-order valence-corrected chi connectivity index (χ1v) is 10.7. The molecule has 1 fully saturated rings. The molecule has 1 aromatic carbocycles. The van der Waals surface area contributed by atoms with E-state index in [1.807, 2.05) is 32.0 Å². The van der Waals surface area contributed by atoms with E-state index in [0.29, 0.717) is 16.7 Å². The number of benzene rings is 1. The molecule has 1 saturated heterocycles. The van der Waals surface area contributed by atoms with E-state index < -0.39 is 5.54 Å². The Balaban J connectivity index is 0.00000272. The van der Waals surface area contributed by atoms with E-state index in [-0.39, 0.29) is 42.8 Å². The van der Waals surface area contributed by atoms with Crippen LogP contribution < -0.4 is 5.73 Å². The quantitative estimate of drug-likeness (QED) is 0.679. The van der Waals surface area contributed by atoms with Crippen LogP contribution in [0.25, 0.3) is 11.1 Å². The largest absolute Gasteiger partial charge is 0.378 e. The van der Waals surface area contributed by atoms with Crippen molar-refractivity contribution in [1.29, 1.82) is 0 Å². The molecule has 0 bridgehead atoms. The number of amides is 1. The molecule has 0 unspecified atom stereocenters. The summed E-state index contributed by atoms with van der Waals surface area (Å²) in [5, 5.41) is 1.04. The van der Waals surface area contributed by atoms with Crippen LogP contribution >= 0.6 is 35.6 Å². The van der Waals surface area contributed by atoms with Gasteiger partial charge >= 0.3 is 0 Å². The van der Waals surface area contributed by atoms with Crippen LogP contribution in [0.15, 0.2) is 41.7 Å². The minimum absolute atomic E-state index is 0.